The molecule has 0 atom stereocenters. The molecule has 2 rings (SSSR count). The molecule has 0 aliphatic rings. The molecule has 2 aromatic rings. The molecule has 110 valence electrons. The van der Waals surface area contributed by atoms with Crippen LogP contribution in [0.3, 0.4) is 0 Å². The predicted molar refractivity (Wildman–Crippen MR) is 84.7 cm³/mol. The fourth-order valence-corrected chi connectivity index (χ4v) is 1.91. The van der Waals surface area contributed by atoms with E-state index in [2.05, 4.69) is 0 Å². The van der Waals surface area contributed by atoms with Gasteiger partial charge in [0, 0.05) is 33.4 Å². The van der Waals surface area contributed by atoms with Crippen LogP contribution in [0.4, 0.5) is 10.5 Å². The highest BCUT2D eigenvalue weighted by Crippen LogP contribution is 2.14. The highest BCUT2D eigenvalue weighted by Gasteiger charge is 2.11. The molecule has 0 radical (unpaired) electrons. The molecular weight excluding hydrogens is 264 g/mol. The van der Waals surface area contributed by atoms with Crippen LogP contribution >= 0.6 is 0 Å². The van der Waals surface area contributed by atoms with Gasteiger partial charge in [0.05, 0.1) is 0 Å². The first-order valence-electron chi connectivity index (χ1n) is 6.80. The molecule has 0 heterocycles. The minimum atomic E-state index is -0.363. The monoisotopic (exact) mass is 284 g/mol. The summed E-state index contributed by atoms with van der Waals surface area (Å²) in [6.07, 6.45) is -0.363. The number of hydrogen-bond acceptors (Lipinski definition) is 3. The first-order chi connectivity index (χ1) is 10.1. The number of ether oxygens (including phenoxy) is 1. The number of rotatable bonds is 4. The quantitative estimate of drug-likeness (QED) is 0.863. The summed E-state index contributed by atoms with van der Waals surface area (Å²) in [5, 5.41) is 0. The third-order valence-electron chi connectivity index (χ3n) is 3.13. The van der Waals surface area contributed by atoms with E-state index < -0.39 is 0 Å². The van der Waals surface area contributed by atoms with Gasteiger partial charge in [-0.05, 0) is 29.8 Å². The van der Waals surface area contributed by atoms with E-state index >= 15 is 0 Å². The van der Waals surface area contributed by atoms with Crippen molar-refractivity contribution in [3.8, 4) is 5.75 Å². The Bertz CT molecular complexity index is 579. The number of para-hydroxylation sites is 1. The SMILES string of the molecule is CN(Cc1ccc(N(C)C)cc1)C(=O)Oc1ccccc1. The average Bonchev–Trinajstić information content (AvgIpc) is 2.48. The number of carbonyl (C=O) groups is 1. The van der Waals surface area contributed by atoms with Crippen molar-refractivity contribution in [2.24, 2.45) is 0 Å². The van der Waals surface area contributed by atoms with E-state index in [-0.39, 0.29) is 6.09 Å². The molecule has 1 amide bonds. The summed E-state index contributed by atoms with van der Waals surface area (Å²) < 4.78 is 5.29. The van der Waals surface area contributed by atoms with Crippen LogP contribution in [0.15, 0.2) is 54.6 Å². The van der Waals surface area contributed by atoms with Crippen LogP contribution in [0.1, 0.15) is 5.56 Å². The van der Waals surface area contributed by atoms with Gasteiger partial charge in [-0.25, -0.2) is 4.79 Å². The lowest BCUT2D eigenvalue weighted by molar-refractivity contribution is 0.161. The van der Waals surface area contributed by atoms with Gasteiger partial charge in [0.15, 0.2) is 0 Å². The fourth-order valence-electron chi connectivity index (χ4n) is 1.91. The Morgan fingerprint density at radius 3 is 2.14 bits per heavy atom. The minimum Gasteiger partial charge on any atom is -0.410 e. The molecule has 0 aromatic heterocycles. The zero-order valence-electron chi connectivity index (χ0n) is 12.6. The summed E-state index contributed by atoms with van der Waals surface area (Å²) in [5.41, 5.74) is 2.20. The number of benzene rings is 2. The summed E-state index contributed by atoms with van der Waals surface area (Å²) >= 11 is 0. The Morgan fingerprint density at radius 2 is 1.57 bits per heavy atom. The van der Waals surface area contributed by atoms with E-state index in [1.807, 2.05) is 61.5 Å². The molecule has 21 heavy (non-hydrogen) atoms. The normalized spacial score (nSPS) is 10.0. The van der Waals surface area contributed by atoms with Crippen LogP contribution in [-0.2, 0) is 6.54 Å². The second kappa shape index (κ2) is 6.79. The molecule has 0 N–H and O–H groups in total. The molecule has 0 saturated heterocycles. The summed E-state index contributed by atoms with van der Waals surface area (Å²) in [6, 6.07) is 17.2. The van der Waals surface area contributed by atoms with Gasteiger partial charge < -0.3 is 14.5 Å². The molecule has 0 spiro atoms. The first-order valence-corrected chi connectivity index (χ1v) is 6.80. The predicted octanol–water partition coefficient (Wildman–Crippen LogP) is 3.38. The van der Waals surface area contributed by atoms with Gasteiger partial charge in [-0.1, -0.05) is 30.3 Å². The summed E-state index contributed by atoms with van der Waals surface area (Å²) in [6.45, 7) is 0.513. The van der Waals surface area contributed by atoms with Crippen molar-refractivity contribution in [1.82, 2.24) is 4.90 Å². The van der Waals surface area contributed by atoms with E-state index in [0.717, 1.165) is 11.3 Å². The Labute approximate surface area is 125 Å². The molecular formula is C17H20N2O2. The van der Waals surface area contributed by atoms with Crippen LogP contribution in [-0.4, -0.2) is 32.1 Å². The molecule has 4 heteroatoms. The van der Waals surface area contributed by atoms with E-state index in [9.17, 15) is 4.79 Å². The van der Waals surface area contributed by atoms with Crippen molar-refractivity contribution in [1.29, 1.82) is 0 Å². The number of anilines is 1. The van der Waals surface area contributed by atoms with Gasteiger partial charge >= 0.3 is 6.09 Å². The van der Waals surface area contributed by atoms with E-state index in [0.29, 0.717) is 12.3 Å². The second-order valence-corrected chi connectivity index (χ2v) is 5.10. The topological polar surface area (TPSA) is 32.8 Å². The Hall–Kier alpha value is -2.49. The van der Waals surface area contributed by atoms with Crippen molar-refractivity contribution >= 4 is 11.8 Å². The fraction of sp³-hybridized carbons (Fsp3) is 0.235. The van der Waals surface area contributed by atoms with Crippen LogP contribution in [0.2, 0.25) is 0 Å². The van der Waals surface area contributed by atoms with Crippen molar-refractivity contribution in [3.05, 3.63) is 60.2 Å². The van der Waals surface area contributed by atoms with E-state index in [1.54, 1.807) is 24.1 Å². The van der Waals surface area contributed by atoms with Gasteiger partial charge in [-0.2, -0.15) is 0 Å². The smallest absolute Gasteiger partial charge is 0.410 e. The highest BCUT2D eigenvalue weighted by molar-refractivity contribution is 5.70. The van der Waals surface area contributed by atoms with E-state index in [1.165, 1.54) is 0 Å². The lowest BCUT2D eigenvalue weighted by Gasteiger charge is -2.18. The van der Waals surface area contributed by atoms with Gasteiger partial charge in [-0.3, -0.25) is 0 Å². The van der Waals surface area contributed by atoms with E-state index in [4.69, 9.17) is 4.74 Å². The van der Waals surface area contributed by atoms with Gasteiger partial charge in [0.1, 0.15) is 5.75 Å². The number of nitrogens with zero attached hydrogens (tertiary/aromatic N) is 2. The van der Waals surface area contributed by atoms with Crippen molar-refractivity contribution in [3.63, 3.8) is 0 Å². The largest absolute Gasteiger partial charge is 0.415 e. The van der Waals surface area contributed by atoms with Crippen molar-refractivity contribution < 1.29 is 9.53 Å². The van der Waals surface area contributed by atoms with Crippen LogP contribution in [0.25, 0.3) is 0 Å². The molecule has 0 aliphatic heterocycles. The molecule has 0 bridgehead atoms. The lowest BCUT2D eigenvalue weighted by Crippen LogP contribution is -2.29. The summed E-state index contributed by atoms with van der Waals surface area (Å²) in [4.78, 5) is 15.6. The molecule has 0 aliphatic carbocycles. The molecule has 2 aromatic carbocycles. The van der Waals surface area contributed by atoms with Crippen LogP contribution in [0.5, 0.6) is 5.75 Å². The van der Waals surface area contributed by atoms with Crippen molar-refractivity contribution in [2.45, 2.75) is 6.54 Å². The van der Waals surface area contributed by atoms with Gasteiger partial charge in [-0.15, -0.1) is 0 Å². The highest BCUT2D eigenvalue weighted by atomic mass is 16.6. The first kappa shape index (κ1) is 14.9. The third-order valence-corrected chi connectivity index (χ3v) is 3.13. The third kappa shape index (κ3) is 4.24. The van der Waals surface area contributed by atoms with Crippen LogP contribution < -0.4 is 9.64 Å². The maximum Gasteiger partial charge on any atom is 0.415 e. The standard InChI is InChI=1S/C17H20N2O2/c1-18(2)15-11-9-14(10-12-15)13-19(3)17(20)21-16-7-5-4-6-8-16/h4-12H,13H2,1-3H3. The maximum absolute atomic E-state index is 12.0. The van der Waals surface area contributed by atoms with Crippen molar-refractivity contribution in [2.75, 3.05) is 26.0 Å². The van der Waals surface area contributed by atoms with Gasteiger partial charge in [0.2, 0.25) is 0 Å². The molecule has 0 unspecified atom stereocenters. The average molecular weight is 284 g/mol. The summed E-state index contributed by atoms with van der Waals surface area (Å²) in [5.74, 6) is 0.553. The Balaban J connectivity index is 1.94. The number of hydrogen-bond donors (Lipinski definition) is 0. The molecule has 4 nitrogen and oxygen atoms in total. The maximum atomic E-state index is 12.0. The Morgan fingerprint density at radius 1 is 0.952 bits per heavy atom. The van der Waals surface area contributed by atoms with Gasteiger partial charge in [0.25, 0.3) is 0 Å². The Kier molecular flexibility index (Phi) is 4.82. The zero-order valence-corrected chi connectivity index (χ0v) is 12.6. The van der Waals surface area contributed by atoms with Crippen LogP contribution in [0, 0.1) is 0 Å². The molecule has 0 saturated carbocycles. The lowest BCUT2D eigenvalue weighted by atomic mass is 10.2. The zero-order chi connectivity index (χ0) is 15.2. The second-order valence-electron chi connectivity index (χ2n) is 5.10. The summed E-state index contributed by atoms with van der Waals surface area (Å²) in [7, 11) is 5.72. The molecule has 0 fully saturated rings. The number of amides is 1. The number of carbonyl (C=O) groups excluding carboxylic acids is 1. The minimum absolute atomic E-state index is 0.363.